The molecule has 0 aliphatic carbocycles. The van der Waals surface area contributed by atoms with Gasteiger partial charge in [-0.1, -0.05) is 26.0 Å². The van der Waals surface area contributed by atoms with Crippen molar-refractivity contribution in [1.82, 2.24) is 9.88 Å². The molecule has 0 amide bonds. The molecule has 1 atom stereocenters. The second kappa shape index (κ2) is 14.8. The molecular formula is C34H49N3O3. The molecule has 0 saturated carbocycles. The summed E-state index contributed by atoms with van der Waals surface area (Å²) in [5.41, 5.74) is 4.28. The number of carbonyl (C=O) groups is 1. The highest BCUT2D eigenvalue weighted by Gasteiger charge is 2.32. The number of hydrogen-bond donors (Lipinski definition) is 0. The first kappa shape index (κ1) is 30.3. The van der Waals surface area contributed by atoms with Crippen molar-refractivity contribution in [2.45, 2.75) is 85.4 Å². The van der Waals surface area contributed by atoms with Crippen LogP contribution in [0.4, 0.5) is 5.82 Å². The number of pyridine rings is 1. The van der Waals surface area contributed by atoms with Gasteiger partial charge in [0.15, 0.2) is 5.78 Å². The van der Waals surface area contributed by atoms with Gasteiger partial charge in [-0.2, -0.15) is 0 Å². The van der Waals surface area contributed by atoms with Crippen LogP contribution < -0.4 is 9.64 Å². The molecule has 2 aliphatic heterocycles. The van der Waals surface area contributed by atoms with Crippen molar-refractivity contribution in [1.29, 1.82) is 0 Å². The highest BCUT2D eigenvalue weighted by atomic mass is 16.5. The molecule has 4 rings (SSSR count). The van der Waals surface area contributed by atoms with Crippen LogP contribution in [0, 0.1) is 19.8 Å². The van der Waals surface area contributed by atoms with Gasteiger partial charge in [0.1, 0.15) is 11.6 Å². The van der Waals surface area contributed by atoms with E-state index in [0.717, 1.165) is 87.7 Å². The van der Waals surface area contributed by atoms with E-state index >= 15 is 0 Å². The first-order valence-corrected chi connectivity index (χ1v) is 15.4. The lowest BCUT2D eigenvalue weighted by Crippen LogP contribution is -2.54. The Balaban J connectivity index is 1.06. The molecule has 1 aromatic heterocycles. The molecular weight excluding hydrogens is 498 g/mol. The van der Waals surface area contributed by atoms with Crippen LogP contribution in [0.2, 0.25) is 0 Å². The quantitative estimate of drug-likeness (QED) is 0.190. The third-order valence-electron chi connectivity index (χ3n) is 8.48. The van der Waals surface area contributed by atoms with E-state index in [2.05, 4.69) is 53.8 Å². The summed E-state index contributed by atoms with van der Waals surface area (Å²) in [5, 5.41) is 0. The van der Waals surface area contributed by atoms with E-state index < -0.39 is 0 Å². The van der Waals surface area contributed by atoms with Crippen molar-refractivity contribution in [2.24, 2.45) is 5.92 Å². The van der Waals surface area contributed by atoms with Gasteiger partial charge in [-0.15, -0.1) is 0 Å². The summed E-state index contributed by atoms with van der Waals surface area (Å²) in [6, 6.07) is 8.06. The fraction of sp³-hybridized carbons (Fsp3) is 0.588. The van der Waals surface area contributed by atoms with E-state index in [1.165, 1.54) is 24.0 Å². The van der Waals surface area contributed by atoms with Gasteiger partial charge in [0, 0.05) is 43.9 Å². The van der Waals surface area contributed by atoms with E-state index in [1.807, 2.05) is 38.2 Å². The second-order valence-electron chi connectivity index (χ2n) is 11.7. The topological polar surface area (TPSA) is 54.9 Å². The van der Waals surface area contributed by atoms with Crippen molar-refractivity contribution in [2.75, 3.05) is 44.2 Å². The Bertz CT molecular complexity index is 1130. The third-order valence-corrected chi connectivity index (χ3v) is 8.48. The molecule has 0 radical (unpaired) electrons. The number of nitrogens with zero attached hydrogens (tertiary/aromatic N) is 3. The van der Waals surface area contributed by atoms with E-state index in [1.54, 1.807) is 0 Å². The second-order valence-corrected chi connectivity index (χ2v) is 11.7. The average Bonchev–Trinajstić information content (AvgIpc) is 2.94. The van der Waals surface area contributed by atoms with Gasteiger partial charge in [0.05, 0.1) is 18.8 Å². The molecule has 6 heteroatoms. The van der Waals surface area contributed by atoms with Crippen LogP contribution in [0.15, 0.2) is 36.5 Å². The lowest BCUT2D eigenvalue weighted by molar-refractivity contribution is -0.0529. The van der Waals surface area contributed by atoms with Crippen LogP contribution in [-0.4, -0.2) is 67.2 Å². The van der Waals surface area contributed by atoms with Crippen LogP contribution in [-0.2, 0) is 4.74 Å². The number of Topliss-reactive ketones (excluding diaryl/α,β-unsaturated/α-hetero) is 1. The maximum Gasteiger partial charge on any atom is 0.165 e. The number of allylic oxidation sites excluding steroid dienone is 1. The summed E-state index contributed by atoms with van der Waals surface area (Å²) < 4.78 is 12.4. The van der Waals surface area contributed by atoms with Gasteiger partial charge in [-0.25, -0.2) is 4.98 Å². The molecule has 2 aliphatic rings. The zero-order valence-corrected chi connectivity index (χ0v) is 25.3. The number of benzene rings is 1. The summed E-state index contributed by atoms with van der Waals surface area (Å²) >= 11 is 0. The summed E-state index contributed by atoms with van der Waals surface area (Å²) in [7, 11) is 0. The molecule has 1 unspecified atom stereocenters. The van der Waals surface area contributed by atoms with Crippen molar-refractivity contribution in [3.05, 3.63) is 58.8 Å². The van der Waals surface area contributed by atoms with Gasteiger partial charge in [0.25, 0.3) is 0 Å². The fourth-order valence-electron chi connectivity index (χ4n) is 5.57. The minimum Gasteiger partial charge on any atom is -0.494 e. The molecule has 6 nitrogen and oxygen atoms in total. The van der Waals surface area contributed by atoms with Crippen LogP contribution in [0.5, 0.6) is 5.75 Å². The molecule has 0 N–H and O–H groups in total. The molecule has 2 fully saturated rings. The van der Waals surface area contributed by atoms with Crippen molar-refractivity contribution < 1.29 is 14.3 Å². The number of piperidine rings is 1. The number of aromatic nitrogens is 1. The Labute approximate surface area is 241 Å². The number of hydrogen-bond acceptors (Lipinski definition) is 6. The molecule has 2 aromatic rings. The molecule has 2 saturated heterocycles. The van der Waals surface area contributed by atoms with Gasteiger partial charge in [-0.05, 0) is 107 Å². The maximum atomic E-state index is 12.5. The summed E-state index contributed by atoms with van der Waals surface area (Å²) in [5.74, 6) is 2.21. The van der Waals surface area contributed by atoms with Crippen LogP contribution in [0.1, 0.15) is 86.3 Å². The Morgan fingerprint density at radius 3 is 2.55 bits per heavy atom. The largest absolute Gasteiger partial charge is 0.494 e. The van der Waals surface area contributed by atoms with Crippen LogP contribution in [0.3, 0.4) is 0 Å². The van der Waals surface area contributed by atoms with Gasteiger partial charge >= 0.3 is 0 Å². The zero-order chi connectivity index (χ0) is 28.5. The molecule has 0 spiro atoms. The van der Waals surface area contributed by atoms with E-state index in [0.29, 0.717) is 12.2 Å². The highest BCUT2D eigenvalue weighted by Crippen LogP contribution is 2.26. The maximum absolute atomic E-state index is 12.5. The lowest BCUT2D eigenvalue weighted by Gasteiger charge is -2.43. The zero-order valence-electron chi connectivity index (χ0n) is 25.3. The fourth-order valence-corrected chi connectivity index (χ4v) is 5.57. The third kappa shape index (κ3) is 8.17. The SMILES string of the molecule is C/C=C\c1cc(N2CC(OC3CCN(CCCCCOc4ccc(C(=O)C(C)CC)c(C)c4)CC3)C2)ncc1C. The first-order chi connectivity index (χ1) is 19.4. The van der Waals surface area contributed by atoms with Gasteiger partial charge < -0.3 is 19.3 Å². The first-order valence-electron chi connectivity index (χ1n) is 15.4. The Hall–Kier alpha value is -2.70. The Morgan fingerprint density at radius 2 is 1.85 bits per heavy atom. The van der Waals surface area contributed by atoms with E-state index in [4.69, 9.17) is 9.47 Å². The van der Waals surface area contributed by atoms with Crippen molar-refractivity contribution >= 4 is 17.7 Å². The summed E-state index contributed by atoms with van der Waals surface area (Å²) in [6.07, 6.45) is 13.5. The van der Waals surface area contributed by atoms with Gasteiger partial charge in [0.2, 0.25) is 0 Å². The smallest absolute Gasteiger partial charge is 0.165 e. The average molecular weight is 548 g/mol. The number of anilines is 1. The normalized spacial score (nSPS) is 17.8. The van der Waals surface area contributed by atoms with Crippen molar-refractivity contribution in [3.8, 4) is 5.75 Å². The van der Waals surface area contributed by atoms with Crippen LogP contribution >= 0.6 is 0 Å². The van der Waals surface area contributed by atoms with E-state index in [-0.39, 0.29) is 11.7 Å². The number of unbranched alkanes of at least 4 members (excludes halogenated alkanes) is 2. The minimum absolute atomic E-state index is 0.0665. The number of rotatable bonds is 14. The molecule has 1 aromatic carbocycles. The monoisotopic (exact) mass is 547 g/mol. The number of carbonyl (C=O) groups excluding carboxylic acids is 1. The molecule has 40 heavy (non-hydrogen) atoms. The summed E-state index contributed by atoms with van der Waals surface area (Å²) in [4.78, 5) is 22.0. The predicted octanol–water partition coefficient (Wildman–Crippen LogP) is 6.88. The van der Waals surface area contributed by atoms with Gasteiger partial charge in [-0.3, -0.25) is 4.79 Å². The van der Waals surface area contributed by atoms with Crippen LogP contribution in [0.25, 0.3) is 6.08 Å². The standard InChI is InChI=1S/C34H49N3O3/c1-6-11-28-21-33(35-22-27(28)5)37-23-31(24-37)40-29-14-17-36(18-15-29)16-9-8-10-19-39-30-12-13-32(26(4)20-30)34(38)25(3)7-2/h6,11-13,20-22,25,29,31H,7-10,14-19,23-24H2,1-5H3/b11-6-. The van der Waals surface area contributed by atoms with E-state index in [9.17, 15) is 4.79 Å². The Kier molecular flexibility index (Phi) is 11.2. The molecule has 218 valence electrons. The van der Waals surface area contributed by atoms with Crippen molar-refractivity contribution in [3.63, 3.8) is 0 Å². The number of ketones is 1. The summed E-state index contributed by atoms with van der Waals surface area (Å²) in [6.45, 7) is 16.2. The number of aryl methyl sites for hydroxylation is 2. The number of ether oxygens (including phenoxy) is 2. The highest BCUT2D eigenvalue weighted by molar-refractivity contribution is 5.99. The number of likely N-dealkylation sites (tertiary alicyclic amines) is 1. The molecule has 0 bridgehead atoms. The predicted molar refractivity (Wildman–Crippen MR) is 165 cm³/mol. The molecule has 3 heterocycles. The Morgan fingerprint density at radius 1 is 1.07 bits per heavy atom. The minimum atomic E-state index is 0.0665. The lowest BCUT2D eigenvalue weighted by atomic mass is 9.94.